The molecule has 0 saturated carbocycles. The van der Waals surface area contributed by atoms with Gasteiger partial charge in [-0.3, -0.25) is 9.69 Å². The van der Waals surface area contributed by atoms with Gasteiger partial charge in [0.05, 0.1) is 19.0 Å². The SMILES string of the molecule is COc1ccc(N(C)C(=O)N2CCC(C(=O)c3ccccc3)CC2)cn1. The number of hydrogen-bond donors (Lipinski definition) is 0. The quantitative estimate of drug-likeness (QED) is 0.792. The van der Waals surface area contributed by atoms with Crippen LogP contribution in [0.5, 0.6) is 5.88 Å². The molecule has 0 radical (unpaired) electrons. The van der Waals surface area contributed by atoms with Crippen LogP contribution in [-0.2, 0) is 0 Å². The van der Waals surface area contributed by atoms with E-state index in [4.69, 9.17) is 4.74 Å². The Morgan fingerprint density at radius 1 is 1.12 bits per heavy atom. The van der Waals surface area contributed by atoms with Gasteiger partial charge in [0.1, 0.15) is 0 Å². The number of piperidine rings is 1. The fraction of sp³-hybridized carbons (Fsp3) is 0.350. The number of methoxy groups -OCH3 is 1. The van der Waals surface area contributed by atoms with E-state index < -0.39 is 0 Å². The summed E-state index contributed by atoms with van der Waals surface area (Å²) >= 11 is 0. The average Bonchev–Trinajstić information content (AvgIpc) is 2.73. The number of amides is 2. The van der Waals surface area contributed by atoms with Crippen LogP contribution in [0, 0.1) is 5.92 Å². The Hall–Kier alpha value is -2.89. The molecule has 2 amide bonds. The smallest absolute Gasteiger partial charge is 0.324 e. The molecule has 1 aliphatic rings. The maximum Gasteiger partial charge on any atom is 0.324 e. The molecule has 0 bridgehead atoms. The number of ether oxygens (including phenoxy) is 1. The second-order valence-electron chi connectivity index (χ2n) is 6.39. The van der Waals surface area contributed by atoms with E-state index in [1.165, 1.54) is 0 Å². The fourth-order valence-electron chi connectivity index (χ4n) is 3.19. The second-order valence-corrected chi connectivity index (χ2v) is 6.39. The number of ketones is 1. The highest BCUT2D eigenvalue weighted by Crippen LogP contribution is 2.24. The molecule has 0 atom stereocenters. The average molecular weight is 353 g/mol. The minimum absolute atomic E-state index is 0.0191. The van der Waals surface area contributed by atoms with Gasteiger partial charge in [-0.15, -0.1) is 0 Å². The number of benzene rings is 1. The van der Waals surface area contributed by atoms with Crippen LogP contribution in [0.15, 0.2) is 48.7 Å². The van der Waals surface area contributed by atoms with Gasteiger partial charge >= 0.3 is 6.03 Å². The summed E-state index contributed by atoms with van der Waals surface area (Å²) in [6.07, 6.45) is 2.99. The summed E-state index contributed by atoms with van der Waals surface area (Å²) in [5.41, 5.74) is 1.46. The van der Waals surface area contributed by atoms with Crippen molar-refractivity contribution in [2.75, 3.05) is 32.1 Å². The summed E-state index contributed by atoms with van der Waals surface area (Å²) < 4.78 is 5.04. The van der Waals surface area contributed by atoms with Gasteiger partial charge in [-0.1, -0.05) is 30.3 Å². The van der Waals surface area contributed by atoms with Gasteiger partial charge in [0.15, 0.2) is 5.78 Å². The minimum Gasteiger partial charge on any atom is -0.481 e. The van der Waals surface area contributed by atoms with Crippen LogP contribution < -0.4 is 9.64 Å². The van der Waals surface area contributed by atoms with E-state index in [2.05, 4.69) is 4.98 Å². The Morgan fingerprint density at radius 3 is 2.38 bits per heavy atom. The highest BCUT2D eigenvalue weighted by molar-refractivity contribution is 5.98. The Labute approximate surface area is 153 Å². The Kier molecular flexibility index (Phi) is 5.51. The number of aromatic nitrogens is 1. The highest BCUT2D eigenvalue weighted by Gasteiger charge is 2.29. The first-order valence-electron chi connectivity index (χ1n) is 8.72. The Morgan fingerprint density at radius 2 is 1.81 bits per heavy atom. The van der Waals surface area contributed by atoms with Crippen molar-refractivity contribution in [3.8, 4) is 5.88 Å². The number of likely N-dealkylation sites (tertiary alicyclic amines) is 1. The lowest BCUT2D eigenvalue weighted by molar-refractivity contribution is 0.0857. The zero-order chi connectivity index (χ0) is 18.5. The van der Waals surface area contributed by atoms with E-state index in [0.717, 1.165) is 5.56 Å². The Balaban J connectivity index is 1.58. The number of carbonyl (C=O) groups is 2. The van der Waals surface area contributed by atoms with E-state index >= 15 is 0 Å². The lowest BCUT2D eigenvalue weighted by Crippen LogP contribution is -2.46. The van der Waals surface area contributed by atoms with Gasteiger partial charge in [-0.2, -0.15) is 0 Å². The zero-order valence-corrected chi connectivity index (χ0v) is 15.1. The maximum atomic E-state index is 12.7. The van der Waals surface area contributed by atoms with Crippen LogP contribution in [0.2, 0.25) is 0 Å². The summed E-state index contributed by atoms with van der Waals surface area (Å²) in [6, 6.07) is 12.8. The largest absolute Gasteiger partial charge is 0.481 e. The number of urea groups is 1. The molecule has 0 aliphatic carbocycles. The van der Waals surface area contributed by atoms with Gasteiger partial charge in [-0.25, -0.2) is 9.78 Å². The topological polar surface area (TPSA) is 62.7 Å². The van der Waals surface area contributed by atoms with Gasteiger partial charge in [0, 0.05) is 37.7 Å². The molecular formula is C20H23N3O3. The van der Waals surface area contributed by atoms with Crippen LogP contribution >= 0.6 is 0 Å². The van der Waals surface area contributed by atoms with E-state index in [0.29, 0.717) is 37.5 Å². The molecule has 6 heteroatoms. The standard InChI is InChI=1S/C20H23N3O3/c1-22(17-8-9-18(26-2)21-14-17)20(25)23-12-10-16(11-13-23)19(24)15-6-4-3-5-7-15/h3-9,14,16H,10-13H2,1-2H3. The number of anilines is 1. The van der Waals surface area contributed by atoms with Crippen LogP contribution in [0.1, 0.15) is 23.2 Å². The number of Topliss-reactive ketones (excluding diaryl/α,β-unsaturated/α-hetero) is 1. The molecule has 1 aromatic heterocycles. The van der Waals surface area contributed by atoms with Gasteiger partial charge in [0.25, 0.3) is 0 Å². The van der Waals surface area contributed by atoms with Crippen LogP contribution in [-0.4, -0.2) is 48.9 Å². The highest BCUT2D eigenvalue weighted by atomic mass is 16.5. The molecule has 2 heterocycles. The number of hydrogen-bond acceptors (Lipinski definition) is 4. The van der Waals surface area contributed by atoms with Crippen molar-refractivity contribution in [3.05, 3.63) is 54.2 Å². The summed E-state index contributed by atoms with van der Waals surface area (Å²) in [7, 11) is 3.28. The molecule has 1 aliphatic heterocycles. The maximum absolute atomic E-state index is 12.7. The third-order valence-corrected chi connectivity index (χ3v) is 4.80. The summed E-state index contributed by atoms with van der Waals surface area (Å²) in [5, 5.41) is 0. The lowest BCUT2D eigenvalue weighted by Gasteiger charge is -2.34. The van der Waals surface area contributed by atoms with Crippen molar-refractivity contribution in [3.63, 3.8) is 0 Å². The summed E-state index contributed by atoms with van der Waals surface area (Å²) in [5.74, 6) is 0.662. The molecule has 2 aromatic rings. The number of pyridine rings is 1. The van der Waals surface area contributed by atoms with Crippen molar-refractivity contribution in [1.29, 1.82) is 0 Å². The minimum atomic E-state index is -0.0809. The molecule has 1 fully saturated rings. The first kappa shape index (κ1) is 17.9. The molecule has 136 valence electrons. The van der Waals surface area contributed by atoms with Crippen molar-refractivity contribution in [2.24, 2.45) is 5.92 Å². The van der Waals surface area contributed by atoms with Crippen molar-refractivity contribution >= 4 is 17.5 Å². The predicted molar refractivity (Wildman–Crippen MR) is 99.7 cm³/mol. The second kappa shape index (κ2) is 7.99. The monoisotopic (exact) mass is 353 g/mol. The van der Waals surface area contributed by atoms with Crippen molar-refractivity contribution in [2.45, 2.75) is 12.8 Å². The zero-order valence-electron chi connectivity index (χ0n) is 15.1. The molecular weight excluding hydrogens is 330 g/mol. The first-order chi connectivity index (χ1) is 12.6. The van der Waals surface area contributed by atoms with Crippen LogP contribution in [0.25, 0.3) is 0 Å². The summed E-state index contributed by atoms with van der Waals surface area (Å²) in [4.78, 5) is 32.8. The predicted octanol–water partition coefficient (Wildman–Crippen LogP) is 3.24. The molecule has 0 spiro atoms. The number of rotatable bonds is 4. The Bertz CT molecular complexity index is 754. The fourth-order valence-corrected chi connectivity index (χ4v) is 3.19. The van der Waals surface area contributed by atoms with E-state index in [9.17, 15) is 9.59 Å². The molecule has 1 saturated heterocycles. The van der Waals surface area contributed by atoms with Crippen LogP contribution in [0.4, 0.5) is 10.5 Å². The molecule has 1 aromatic carbocycles. The van der Waals surface area contributed by atoms with Crippen LogP contribution in [0.3, 0.4) is 0 Å². The van der Waals surface area contributed by atoms with Gasteiger partial charge < -0.3 is 9.64 Å². The van der Waals surface area contributed by atoms with Crippen molar-refractivity contribution in [1.82, 2.24) is 9.88 Å². The van der Waals surface area contributed by atoms with Gasteiger partial charge in [-0.05, 0) is 18.9 Å². The lowest BCUT2D eigenvalue weighted by atomic mass is 9.89. The molecule has 0 unspecified atom stereocenters. The number of carbonyl (C=O) groups excluding carboxylic acids is 2. The first-order valence-corrected chi connectivity index (χ1v) is 8.72. The van der Waals surface area contributed by atoms with E-state index in [1.54, 1.807) is 42.3 Å². The molecule has 0 N–H and O–H groups in total. The molecule has 3 rings (SSSR count). The molecule has 26 heavy (non-hydrogen) atoms. The third-order valence-electron chi connectivity index (χ3n) is 4.80. The summed E-state index contributed by atoms with van der Waals surface area (Å²) in [6.45, 7) is 1.16. The molecule has 6 nitrogen and oxygen atoms in total. The van der Waals surface area contributed by atoms with Crippen molar-refractivity contribution < 1.29 is 14.3 Å². The number of nitrogens with zero attached hydrogens (tertiary/aromatic N) is 3. The van der Waals surface area contributed by atoms with E-state index in [1.807, 2.05) is 30.3 Å². The third kappa shape index (κ3) is 3.85. The normalized spacial score (nSPS) is 14.8. The van der Waals surface area contributed by atoms with Gasteiger partial charge in [0.2, 0.25) is 5.88 Å². The van der Waals surface area contributed by atoms with E-state index in [-0.39, 0.29) is 17.7 Å².